The molecular weight excluding hydrogens is 465 g/mol. The van der Waals surface area contributed by atoms with Crippen LogP contribution in [0.2, 0.25) is 0 Å². The van der Waals surface area contributed by atoms with Crippen molar-refractivity contribution in [3.8, 4) is 0 Å². The van der Waals surface area contributed by atoms with Gasteiger partial charge in [0, 0.05) is 42.5 Å². The Morgan fingerprint density at radius 3 is 2.68 bits per heavy atom. The Hall–Kier alpha value is -3.65. The molecule has 0 amide bonds. The molecule has 0 bridgehead atoms. The molecule has 0 spiro atoms. The van der Waals surface area contributed by atoms with Crippen molar-refractivity contribution in [2.24, 2.45) is 5.41 Å². The van der Waals surface area contributed by atoms with Crippen LogP contribution in [0.3, 0.4) is 0 Å². The van der Waals surface area contributed by atoms with Crippen molar-refractivity contribution >= 4 is 28.2 Å². The molecule has 4 heterocycles. The van der Waals surface area contributed by atoms with E-state index in [4.69, 9.17) is 9.97 Å². The van der Waals surface area contributed by atoms with Gasteiger partial charge in [-0.2, -0.15) is 0 Å². The topological polar surface area (TPSA) is 87.7 Å². The van der Waals surface area contributed by atoms with Crippen LogP contribution in [0.15, 0.2) is 55.0 Å². The van der Waals surface area contributed by atoms with Crippen molar-refractivity contribution in [2.45, 2.75) is 51.5 Å². The monoisotopic (exact) mass is 497 g/mol. The Balaban J connectivity index is 1.33. The molecule has 1 aliphatic carbocycles. The van der Waals surface area contributed by atoms with Crippen LogP contribution in [0.25, 0.3) is 10.9 Å². The first-order chi connectivity index (χ1) is 17.9. The van der Waals surface area contributed by atoms with Crippen LogP contribution in [-0.4, -0.2) is 39.1 Å². The average Bonchev–Trinajstić information content (AvgIpc) is 3.72. The summed E-state index contributed by atoms with van der Waals surface area (Å²) >= 11 is 0. The minimum Gasteiger partial charge on any atom is -0.366 e. The summed E-state index contributed by atoms with van der Waals surface area (Å²) in [5.74, 6) is 2.64. The summed E-state index contributed by atoms with van der Waals surface area (Å²) in [6.45, 7) is 6.57. The van der Waals surface area contributed by atoms with Gasteiger partial charge in [-0.1, -0.05) is 13.8 Å². The minimum atomic E-state index is -0.266. The SMILES string of the molecule is CC1(C)CNCCC1Nc1nc(Cc2ccnc(Nc3ccc(F)cc3)c2)nc2cncc(C3CC3)c12. The smallest absolute Gasteiger partial charge is 0.138 e. The van der Waals surface area contributed by atoms with Gasteiger partial charge in [0.25, 0.3) is 0 Å². The number of halogens is 1. The van der Waals surface area contributed by atoms with Crippen LogP contribution in [-0.2, 0) is 6.42 Å². The van der Waals surface area contributed by atoms with E-state index >= 15 is 0 Å². The molecule has 1 atom stereocenters. The van der Waals surface area contributed by atoms with Gasteiger partial charge in [-0.3, -0.25) is 4.98 Å². The Morgan fingerprint density at radius 2 is 1.89 bits per heavy atom. The molecular formula is C29H32FN7. The second-order valence-electron chi connectivity index (χ2n) is 10.9. The summed E-state index contributed by atoms with van der Waals surface area (Å²) in [7, 11) is 0. The third-order valence-corrected chi connectivity index (χ3v) is 7.45. The number of piperidine rings is 1. The van der Waals surface area contributed by atoms with E-state index in [0.717, 1.165) is 53.3 Å². The van der Waals surface area contributed by atoms with E-state index < -0.39 is 0 Å². The molecule has 2 aliphatic rings. The Morgan fingerprint density at radius 1 is 1.05 bits per heavy atom. The van der Waals surface area contributed by atoms with E-state index in [1.165, 1.54) is 30.5 Å². The molecule has 2 fully saturated rings. The summed E-state index contributed by atoms with van der Waals surface area (Å²) in [5.41, 5.74) is 4.07. The zero-order valence-electron chi connectivity index (χ0n) is 21.3. The van der Waals surface area contributed by atoms with E-state index in [1.54, 1.807) is 18.3 Å². The first-order valence-electron chi connectivity index (χ1n) is 13.0. The van der Waals surface area contributed by atoms with Crippen molar-refractivity contribution in [3.05, 3.63) is 77.8 Å². The molecule has 4 aromatic rings. The van der Waals surface area contributed by atoms with Crippen LogP contribution >= 0.6 is 0 Å². The molecule has 0 radical (unpaired) electrons. The first kappa shape index (κ1) is 23.7. The molecule has 1 aromatic carbocycles. The standard InChI is InChI=1S/C29H32FN7/c1-29(2)17-31-11-10-24(29)36-28-27-22(19-3-4-19)15-32-16-23(27)35-26(37-28)14-18-9-12-33-25(13-18)34-21-7-5-20(30)6-8-21/h5-9,12-13,15-16,19,24,31H,3-4,10-11,14,17H2,1-2H3,(H,33,34)(H,35,36,37). The molecule has 1 saturated carbocycles. The van der Waals surface area contributed by atoms with E-state index in [9.17, 15) is 4.39 Å². The maximum Gasteiger partial charge on any atom is 0.138 e. The minimum absolute atomic E-state index is 0.106. The summed E-state index contributed by atoms with van der Waals surface area (Å²) in [4.78, 5) is 19.0. The molecule has 1 saturated heterocycles. The molecule has 7 nitrogen and oxygen atoms in total. The lowest BCUT2D eigenvalue weighted by molar-refractivity contribution is 0.236. The number of benzene rings is 1. The number of nitrogens with zero attached hydrogens (tertiary/aromatic N) is 4. The van der Waals surface area contributed by atoms with Gasteiger partial charge in [-0.05, 0) is 84.7 Å². The summed E-state index contributed by atoms with van der Waals surface area (Å²) < 4.78 is 13.3. The second-order valence-corrected chi connectivity index (χ2v) is 10.9. The van der Waals surface area contributed by atoms with Gasteiger partial charge in [0.2, 0.25) is 0 Å². The highest BCUT2D eigenvalue weighted by Gasteiger charge is 2.34. The van der Waals surface area contributed by atoms with E-state index in [2.05, 4.69) is 39.8 Å². The van der Waals surface area contributed by atoms with Crippen molar-refractivity contribution in [3.63, 3.8) is 0 Å². The number of fused-ring (bicyclic) bond motifs is 1. The molecule has 3 N–H and O–H groups in total. The van der Waals surface area contributed by atoms with Gasteiger partial charge in [0.05, 0.1) is 11.7 Å². The first-order valence-corrected chi connectivity index (χ1v) is 13.0. The van der Waals surface area contributed by atoms with E-state index in [0.29, 0.717) is 24.2 Å². The number of aromatic nitrogens is 4. The molecule has 37 heavy (non-hydrogen) atoms. The zero-order valence-corrected chi connectivity index (χ0v) is 21.3. The van der Waals surface area contributed by atoms with Gasteiger partial charge in [0.15, 0.2) is 0 Å². The number of hydrogen-bond donors (Lipinski definition) is 3. The van der Waals surface area contributed by atoms with Crippen LogP contribution in [0, 0.1) is 11.2 Å². The van der Waals surface area contributed by atoms with Crippen molar-refractivity contribution in [2.75, 3.05) is 23.7 Å². The van der Waals surface area contributed by atoms with Crippen LogP contribution in [0.5, 0.6) is 0 Å². The maximum atomic E-state index is 13.3. The maximum absolute atomic E-state index is 13.3. The van der Waals surface area contributed by atoms with Crippen LogP contribution < -0.4 is 16.0 Å². The average molecular weight is 498 g/mol. The lowest BCUT2D eigenvalue weighted by atomic mass is 9.80. The quantitative estimate of drug-likeness (QED) is 0.308. The second kappa shape index (κ2) is 9.67. The van der Waals surface area contributed by atoms with Gasteiger partial charge < -0.3 is 16.0 Å². The summed E-state index contributed by atoms with van der Waals surface area (Å²) in [6, 6.07) is 10.5. The zero-order chi connectivity index (χ0) is 25.4. The third-order valence-electron chi connectivity index (χ3n) is 7.45. The van der Waals surface area contributed by atoms with Gasteiger partial charge in [-0.15, -0.1) is 0 Å². The number of pyridine rings is 2. The molecule has 6 rings (SSSR count). The Bertz CT molecular complexity index is 1420. The normalized spacial score (nSPS) is 19.1. The fourth-order valence-corrected chi connectivity index (χ4v) is 5.16. The number of hydrogen-bond acceptors (Lipinski definition) is 7. The predicted molar refractivity (Wildman–Crippen MR) is 145 cm³/mol. The number of nitrogens with one attached hydrogen (secondary N) is 3. The lowest BCUT2D eigenvalue weighted by Gasteiger charge is -2.40. The van der Waals surface area contributed by atoms with E-state index in [-0.39, 0.29) is 11.2 Å². The van der Waals surface area contributed by atoms with E-state index in [1.807, 2.05) is 24.5 Å². The molecule has 8 heteroatoms. The van der Waals surface area contributed by atoms with Crippen molar-refractivity contribution in [1.82, 2.24) is 25.3 Å². The molecule has 1 unspecified atom stereocenters. The number of anilines is 3. The van der Waals surface area contributed by atoms with Crippen LogP contribution in [0.1, 0.15) is 56.0 Å². The van der Waals surface area contributed by atoms with Crippen molar-refractivity contribution < 1.29 is 4.39 Å². The number of rotatable bonds is 7. The predicted octanol–water partition coefficient (Wildman–Crippen LogP) is 5.57. The van der Waals surface area contributed by atoms with Gasteiger partial charge in [-0.25, -0.2) is 19.3 Å². The molecule has 1 aliphatic heterocycles. The summed E-state index contributed by atoms with van der Waals surface area (Å²) in [5, 5.41) is 11.7. The van der Waals surface area contributed by atoms with Gasteiger partial charge in [0.1, 0.15) is 23.3 Å². The Labute approximate surface area is 216 Å². The largest absolute Gasteiger partial charge is 0.366 e. The van der Waals surface area contributed by atoms with Crippen LogP contribution in [0.4, 0.5) is 21.7 Å². The Kier molecular flexibility index (Phi) is 6.20. The summed E-state index contributed by atoms with van der Waals surface area (Å²) in [6.07, 6.45) is 9.63. The fourth-order valence-electron chi connectivity index (χ4n) is 5.16. The third kappa shape index (κ3) is 5.25. The van der Waals surface area contributed by atoms with Gasteiger partial charge >= 0.3 is 0 Å². The highest BCUT2D eigenvalue weighted by Crippen LogP contribution is 2.44. The van der Waals surface area contributed by atoms with Crippen molar-refractivity contribution in [1.29, 1.82) is 0 Å². The lowest BCUT2D eigenvalue weighted by Crippen LogP contribution is -2.49. The molecule has 190 valence electrons. The highest BCUT2D eigenvalue weighted by atomic mass is 19.1. The fraction of sp³-hybridized carbons (Fsp3) is 0.379. The molecule has 3 aromatic heterocycles. The highest BCUT2D eigenvalue weighted by molar-refractivity contribution is 5.92.